The highest BCUT2D eigenvalue weighted by Crippen LogP contribution is 2.25. The molecule has 0 heterocycles. The molecule has 1 aromatic carbocycles. The van der Waals surface area contributed by atoms with Gasteiger partial charge in [-0.1, -0.05) is 0 Å². The predicted molar refractivity (Wildman–Crippen MR) is 63.5 cm³/mol. The summed E-state index contributed by atoms with van der Waals surface area (Å²) in [5.74, 6) is -7.30. The molecule has 0 atom stereocenters. The van der Waals surface area contributed by atoms with E-state index in [1.807, 2.05) is 0 Å². The Morgan fingerprint density at radius 1 is 1.24 bits per heavy atom. The molecule has 0 unspecified atom stereocenters. The molecule has 0 aliphatic rings. The van der Waals surface area contributed by atoms with Crippen LogP contribution in [0.4, 0.5) is 23.2 Å². The molecule has 1 amide bonds. The summed E-state index contributed by atoms with van der Waals surface area (Å²) in [4.78, 5) is 21.8. The van der Waals surface area contributed by atoms with Gasteiger partial charge in [-0.25, -0.2) is 13.6 Å². The fraction of sp³-hybridized carbons (Fsp3) is 0.333. The van der Waals surface area contributed by atoms with Gasteiger partial charge in [0.15, 0.2) is 6.61 Å². The monoisotopic (exact) mass is 309 g/mol. The fourth-order valence-corrected chi connectivity index (χ4v) is 1.15. The first-order chi connectivity index (χ1) is 9.77. The van der Waals surface area contributed by atoms with Gasteiger partial charge in [0.25, 0.3) is 0 Å². The second-order valence-corrected chi connectivity index (χ2v) is 3.77. The molecule has 9 heteroatoms. The standard InChI is InChI=1S/C12H11F4NO4/c1-20-9(18)6-21-8-4-2-7(3-5-8)17-11(19)12(15,16)10(13)14/h2-5,10H,6H2,1H3,(H,17,19). The second-order valence-electron chi connectivity index (χ2n) is 3.77. The van der Waals surface area contributed by atoms with Gasteiger partial charge in [-0.3, -0.25) is 4.79 Å². The van der Waals surface area contributed by atoms with Gasteiger partial charge in [-0.15, -0.1) is 0 Å². The molecule has 0 radical (unpaired) electrons. The Morgan fingerprint density at radius 3 is 2.29 bits per heavy atom. The highest BCUT2D eigenvalue weighted by atomic mass is 19.3. The summed E-state index contributed by atoms with van der Waals surface area (Å²) in [7, 11) is 1.17. The van der Waals surface area contributed by atoms with Crippen molar-refractivity contribution in [2.75, 3.05) is 19.0 Å². The van der Waals surface area contributed by atoms with E-state index in [1.54, 1.807) is 5.32 Å². The van der Waals surface area contributed by atoms with Crippen LogP contribution in [-0.4, -0.2) is 37.9 Å². The molecule has 0 bridgehead atoms. The highest BCUT2D eigenvalue weighted by molar-refractivity contribution is 5.96. The van der Waals surface area contributed by atoms with Crippen molar-refractivity contribution < 1.29 is 36.6 Å². The number of carbonyl (C=O) groups excluding carboxylic acids is 2. The zero-order valence-corrected chi connectivity index (χ0v) is 10.7. The molecule has 0 aliphatic carbocycles. The van der Waals surface area contributed by atoms with E-state index in [2.05, 4.69) is 4.74 Å². The third kappa shape index (κ3) is 4.62. The summed E-state index contributed by atoms with van der Waals surface area (Å²) >= 11 is 0. The summed E-state index contributed by atoms with van der Waals surface area (Å²) < 4.78 is 58.7. The average molecular weight is 309 g/mol. The number of esters is 1. The van der Waals surface area contributed by atoms with E-state index in [0.717, 1.165) is 12.1 Å². The summed E-state index contributed by atoms with van der Waals surface area (Å²) in [6, 6.07) is 4.84. The Morgan fingerprint density at radius 2 is 1.81 bits per heavy atom. The van der Waals surface area contributed by atoms with Gasteiger partial charge in [0.2, 0.25) is 0 Å². The van der Waals surface area contributed by atoms with Crippen molar-refractivity contribution >= 4 is 17.6 Å². The van der Waals surface area contributed by atoms with Gasteiger partial charge in [-0.05, 0) is 24.3 Å². The lowest BCUT2D eigenvalue weighted by Crippen LogP contribution is -2.40. The van der Waals surface area contributed by atoms with E-state index < -0.39 is 24.2 Å². The Balaban J connectivity index is 2.63. The van der Waals surface area contributed by atoms with E-state index in [1.165, 1.54) is 19.2 Å². The van der Waals surface area contributed by atoms with Crippen molar-refractivity contribution in [2.24, 2.45) is 0 Å². The number of rotatable bonds is 6. The lowest BCUT2D eigenvalue weighted by Gasteiger charge is -2.15. The molecule has 0 saturated carbocycles. The Bertz CT molecular complexity index is 504. The Kier molecular flexibility index (Phi) is 5.51. The summed E-state index contributed by atoms with van der Waals surface area (Å²) in [5.41, 5.74) is -0.120. The topological polar surface area (TPSA) is 64.6 Å². The largest absolute Gasteiger partial charge is 0.482 e. The molecule has 0 saturated heterocycles. The minimum absolute atomic E-state index is 0.120. The van der Waals surface area contributed by atoms with Crippen LogP contribution in [0.2, 0.25) is 0 Å². The minimum Gasteiger partial charge on any atom is -0.482 e. The van der Waals surface area contributed by atoms with Crippen LogP contribution >= 0.6 is 0 Å². The van der Waals surface area contributed by atoms with Gasteiger partial charge >= 0.3 is 24.2 Å². The number of ether oxygens (including phenoxy) is 2. The van der Waals surface area contributed by atoms with E-state index >= 15 is 0 Å². The fourth-order valence-electron chi connectivity index (χ4n) is 1.15. The van der Waals surface area contributed by atoms with Gasteiger partial charge in [0.1, 0.15) is 5.75 Å². The molecule has 5 nitrogen and oxygen atoms in total. The smallest absolute Gasteiger partial charge is 0.383 e. The number of methoxy groups -OCH3 is 1. The average Bonchev–Trinajstić information content (AvgIpc) is 2.45. The minimum atomic E-state index is -4.78. The SMILES string of the molecule is COC(=O)COc1ccc(NC(=O)C(F)(F)C(F)F)cc1. The molecule has 0 aliphatic heterocycles. The number of amides is 1. The van der Waals surface area contributed by atoms with Crippen LogP contribution in [0.15, 0.2) is 24.3 Å². The van der Waals surface area contributed by atoms with Gasteiger partial charge in [-0.2, -0.15) is 8.78 Å². The Labute approximate surface area is 116 Å². The Hall–Kier alpha value is -2.32. The van der Waals surface area contributed by atoms with E-state index in [9.17, 15) is 27.2 Å². The summed E-state index contributed by atoms with van der Waals surface area (Å²) in [6.07, 6.45) is -4.10. The lowest BCUT2D eigenvalue weighted by molar-refractivity contribution is -0.163. The maximum Gasteiger partial charge on any atom is 0.383 e. The van der Waals surface area contributed by atoms with Crippen LogP contribution in [0, 0.1) is 0 Å². The van der Waals surface area contributed by atoms with E-state index in [0.29, 0.717) is 0 Å². The van der Waals surface area contributed by atoms with Crippen molar-refractivity contribution in [2.45, 2.75) is 12.3 Å². The third-order valence-electron chi connectivity index (χ3n) is 2.27. The number of hydrogen-bond acceptors (Lipinski definition) is 4. The third-order valence-corrected chi connectivity index (χ3v) is 2.27. The first kappa shape index (κ1) is 16.7. The molecular weight excluding hydrogens is 298 g/mol. The van der Waals surface area contributed by atoms with Gasteiger partial charge in [0, 0.05) is 5.69 Å². The number of benzene rings is 1. The molecule has 1 rings (SSSR count). The number of hydrogen-bond donors (Lipinski definition) is 1. The molecule has 0 spiro atoms. The molecule has 1 aromatic rings. The van der Waals surface area contributed by atoms with Crippen molar-refractivity contribution in [3.05, 3.63) is 24.3 Å². The van der Waals surface area contributed by atoms with Crippen molar-refractivity contribution in [3.63, 3.8) is 0 Å². The van der Waals surface area contributed by atoms with Crippen LogP contribution in [0.5, 0.6) is 5.75 Å². The number of carbonyl (C=O) groups is 2. The van der Waals surface area contributed by atoms with Crippen LogP contribution < -0.4 is 10.1 Å². The lowest BCUT2D eigenvalue weighted by atomic mass is 10.2. The van der Waals surface area contributed by atoms with Crippen molar-refractivity contribution in [3.8, 4) is 5.75 Å². The second kappa shape index (κ2) is 6.91. The molecular formula is C12H11F4NO4. The van der Waals surface area contributed by atoms with E-state index in [-0.39, 0.29) is 18.0 Å². The van der Waals surface area contributed by atoms with Crippen LogP contribution in [0.1, 0.15) is 0 Å². The molecule has 21 heavy (non-hydrogen) atoms. The number of halogens is 4. The van der Waals surface area contributed by atoms with Gasteiger partial charge < -0.3 is 14.8 Å². The van der Waals surface area contributed by atoms with Gasteiger partial charge in [0.05, 0.1) is 7.11 Å². The van der Waals surface area contributed by atoms with Crippen LogP contribution in [0.25, 0.3) is 0 Å². The molecule has 0 fully saturated rings. The maximum absolute atomic E-state index is 12.7. The maximum atomic E-state index is 12.7. The first-order valence-electron chi connectivity index (χ1n) is 5.54. The normalized spacial score (nSPS) is 11.1. The zero-order valence-electron chi connectivity index (χ0n) is 10.7. The molecule has 116 valence electrons. The quantitative estimate of drug-likeness (QED) is 0.645. The molecule has 0 aromatic heterocycles. The number of nitrogens with one attached hydrogen (secondary N) is 1. The van der Waals surface area contributed by atoms with Crippen LogP contribution in [0.3, 0.4) is 0 Å². The van der Waals surface area contributed by atoms with Crippen molar-refractivity contribution in [1.82, 2.24) is 0 Å². The van der Waals surface area contributed by atoms with E-state index in [4.69, 9.17) is 4.74 Å². The highest BCUT2D eigenvalue weighted by Gasteiger charge is 2.48. The predicted octanol–water partition coefficient (Wildman–Crippen LogP) is 2.08. The van der Waals surface area contributed by atoms with Crippen molar-refractivity contribution in [1.29, 1.82) is 0 Å². The number of alkyl halides is 4. The summed E-state index contributed by atoms with van der Waals surface area (Å²) in [6.45, 7) is -0.355. The zero-order chi connectivity index (χ0) is 16.0. The number of anilines is 1. The molecule has 1 N–H and O–H groups in total. The summed E-state index contributed by atoms with van der Waals surface area (Å²) in [5, 5.41) is 1.65. The van der Waals surface area contributed by atoms with Crippen LogP contribution in [-0.2, 0) is 14.3 Å². The first-order valence-corrected chi connectivity index (χ1v) is 5.54.